The topological polar surface area (TPSA) is 75.6 Å². The summed E-state index contributed by atoms with van der Waals surface area (Å²) in [6, 6.07) is 0. The van der Waals surface area contributed by atoms with E-state index in [9.17, 15) is 9.59 Å². The first-order chi connectivity index (χ1) is 6.06. The molecule has 0 heterocycles. The molecule has 0 saturated heterocycles. The van der Waals surface area contributed by atoms with Crippen LogP contribution in [-0.4, -0.2) is 36.7 Å². The minimum Gasteiger partial charge on any atom is -0.478 e. The second-order valence-electron chi connectivity index (χ2n) is 2.46. The van der Waals surface area contributed by atoms with Crippen LogP contribution in [0.1, 0.15) is 6.92 Å². The van der Waals surface area contributed by atoms with Gasteiger partial charge in [0, 0.05) is 25.8 Å². The molecule has 5 heteroatoms. The molecule has 0 aromatic heterocycles. The molecule has 0 radical (unpaired) electrons. The summed E-state index contributed by atoms with van der Waals surface area (Å²) in [7, 11) is 1.53. The molecule has 5 nitrogen and oxygen atoms in total. The lowest BCUT2D eigenvalue weighted by Gasteiger charge is -2.08. The van der Waals surface area contributed by atoms with Crippen molar-refractivity contribution < 1.29 is 19.4 Å². The maximum Gasteiger partial charge on any atom is 0.328 e. The molecule has 0 spiro atoms. The predicted molar refractivity (Wildman–Crippen MR) is 46.3 cm³/mol. The Morgan fingerprint density at radius 1 is 1.54 bits per heavy atom. The smallest absolute Gasteiger partial charge is 0.328 e. The molecule has 0 fully saturated rings. The lowest BCUT2D eigenvalue weighted by Crippen LogP contribution is -2.30. The van der Waals surface area contributed by atoms with Crippen molar-refractivity contribution in [3.8, 4) is 0 Å². The van der Waals surface area contributed by atoms with Crippen molar-refractivity contribution >= 4 is 11.9 Å². The summed E-state index contributed by atoms with van der Waals surface area (Å²) in [5.74, 6) is -1.58. The van der Waals surface area contributed by atoms with E-state index in [1.165, 1.54) is 7.11 Å². The summed E-state index contributed by atoms with van der Waals surface area (Å²) in [4.78, 5) is 20.9. The molecule has 0 aromatic rings. The van der Waals surface area contributed by atoms with Crippen LogP contribution in [0.25, 0.3) is 0 Å². The third kappa shape index (κ3) is 7.02. The largest absolute Gasteiger partial charge is 0.478 e. The molecule has 0 rings (SSSR count). The summed E-state index contributed by atoms with van der Waals surface area (Å²) >= 11 is 0. The Hall–Kier alpha value is -1.36. The van der Waals surface area contributed by atoms with E-state index >= 15 is 0 Å². The van der Waals surface area contributed by atoms with Gasteiger partial charge in [-0.2, -0.15) is 0 Å². The molecule has 0 aliphatic rings. The van der Waals surface area contributed by atoms with E-state index in [1.807, 2.05) is 0 Å². The second kappa shape index (κ2) is 6.19. The number of hydrogen-bond acceptors (Lipinski definition) is 3. The lowest BCUT2D eigenvalue weighted by molar-refractivity contribution is -0.131. The van der Waals surface area contributed by atoms with Crippen LogP contribution >= 0.6 is 0 Å². The number of aliphatic carboxylic acids is 1. The number of carbonyl (C=O) groups excluding carboxylic acids is 1. The number of nitrogens with one attached hydrogen (secondary N) is 1. The van der Waals surface area contributed by atoms with Crippen LogP contribution in [0, 0.1) is 0 Å². The van der Waals surface area contributed by atoms with Crippen molar-refractivity contribution in [2.24, 2.45) is 0 Å². The van der Waals surface area contributed by atoms with Crippen molar-refractivity contribution in [2.75, 3.05) is 13.7 Å². The van der Waals surface area contributed by atoms with E-state index < -0.39 is 11.9 Å². The van der Waals surface area contributed by atoms with E-state index in [2.05, 4.69) is 5.32 Å². The molecule has 0 bridgehead atoms. The number of carboxylic acid groups (broad SMARTS) is 1. The monoisotopic (exact) mass is 187 g/mol. The number of carboxylic acids is 1. The van der Waals surface area contributed by atoms with E-state index in [4.69, 9.17) is 9.84 Å². The molecule has 1 unspecified atom stereocenters. The molecular formula is C8H13NO4. The minimum absolute atomic E-state index is 0.0813. The number of rotatable bonds is 5. The third-order valence-electron chi connectivity index (χ3n) is 1.34. The number of ether oxygens (including phenoxy) is 1. The fraction of sp³-hybridized carbons (Fsp3) is 0.500. The zero-order valence-electron chi connectivity index (χ0n) is 7.61. The lowest BCUT2D eigenvalue weighted by atomic mass is 10.4. The molecule has 13 heavy (non-hydrogen) atoms. The maximum atomic E-state index is 10.9. The summed E-state index contributed by atoms with van der Waals surface area (Å²) in [6.07, 6.45) is 1.67. The SMILES string of the molecule is COC(C)CNC(=O)/C=C/C(=O)O. The van der Waals surface area contributed by atoms with Gasteiger partial charge in [0.1, 0.15) is 0 Å². The first-order valence-electron chi connectivity index (χ1n) is 3.78. The Morgan fingerprint density at radius 2 is 2.15 bits per heavy atom. The van der Waals surface area contributed by atoms with Crippen molar-refractivity contribution in [2.45, 2.75) is 13.0 Å². The molecule has 0 saturated carbocycles. The zero-order chi connectivity index (χ0) is 10.3. The Bertz CT molecular complexity index is 212. The van der Waals surface area contributed by atoms with Crippen molar-refractivity contribution in [1.29, 1.82) is 0 Å². The van der Waals surface area contributed by atoms with Crippen molar-refractivity contribution in [3.63, 3.8) is 0 Å². The molecule has 0 aromatic carbocycles. The van der Waals surface area contributed by atoms with Crippen molar-refractivity contribution in [1.82, 2.24) is 5.32 Å². The van der Waals surface area contributed by atoms with E-state index in [-0.39, 0.29) is 6.10 Å². The van der Waals surface area contributed by atoms with Gasteiger partial charge in [-0.25, -0.2) is 4.79 Å². The van der Waals surface area contributed by atoms with Gasteiger partial charge in [0.25, 0.3) is 0 Å². The van der Waals surface area contributed by atoms with Crippen LogP contribution in [0.4, 0.5) is 0 Å². The van der Waals surface area contributed by atoms with E-state index in [1.54, 1.807) is 6.92 Å². The zero-order valence-corrected chi connectivity index (χ0v) is 7.61. The van der Waals surface area contributed by atoms with E-state index in [0.29, 0.717) is 6.54 Å². The Labute approximate surface area is 76.4 Å². The Kier molecular flexibility index (Phi) is 5.54. The van der Waals surface area contributed by atoms with Gasteiger partial charge in [0.15, 0.2) is 0 Å². The number of hydrogen-bond donors (Lipinski definition) is 2. The molecule has 0 aliphatic heterocycles. The van der Waals surface area contributed by atoms with E-state index in [0.717, 1.165) is 12.2 Å². The maximum absolute atomic E-state index is 10.9. The predicted octanol–water partition coefficient (Wildman–Crippen LogP) is -0.222. The van der Waals surface area contributed by atoms with Crippen LogP contribution < -0.4 is 5.32 Å². The summed E-state index contributed by atoms with van der Waals surface area (Å²) in [6.45, 7) is 2.15. The number of amides is 1. The molecule has 2 N–H and O–H groups in total. The molecule has 1 atom stereocenters. The third-order valence-corrected chi connectivity index (χ3v) is 1.34. The average Bonchev–Trinajstić information content (AvgIpc) is 2.10. The fourth-order valence-corrected chi connectivity index (χ4v) is 0.534. The molecular weight excluding hydrogens is 174 g/mol. The van der Waals surface area contributed by atoms with Gasteiger partial charge in [-0.3, -0.25) is 4.79 Å². The highest BCUT2D eigenvalue weighted by atomic mass is 16.5. The average molecular weight is 187 g/mol. The van der Waals surface area contributed by atoms with Crippen LogP contribution in [0.2, 0.25) is 0 Å². The van der Waals surface area contributed by atoms with Gasteiger partial charge in [-0.05, 0) is 6.92 Å². The molecule has 1 amide bonds. The van der Waals surface area contributed by atoms with Crippen LogP contribution in [0.15, 0.2) is 12.2 Å². The number of carbonyl (C=O) groups is 2. The first-order valence-corrected chi connectivity index (χ1v) is 3.78. The second-order valence-corrected chi connectivity index (χ2v) is 2.46. The van der Waals surface area contributed by atoms with Crippen molar-refractivity contribution in [3.05, 3.63) is 12.2 Å². The minimum atomic E-state index is -1.14. The van der Waals surface area contributed by atoms with Gasteiger partial charge in [0.2, 0.25) is 5.91 Å². The highest BCUT2D eigenvalue weighted by Gasteiger charge is 2.00. The van der Waals surface area contributed by atoms with Crippen LogP contribution in [0.3, 0.4) is 0 Å². The molecule has 74 valence electrons. The first kappa shape index (κ1) is 11.6. The van der Waals surface area contributed by atoms with Gasteiger partial charge in [-0.1, -0.05) is 0 Å². The van der Waals surface area contributed by atoms with Crippen LogP contribution in [0.5, 0.6) is 0 Å². The normalized spacial score (nSPS) is 12.8. The summed E-state index contributed by atoms with van der Waals surface area (Å²) < 4.78 is 4.87. The van der Waals surface area contributed by atoms with Gasteiger partial charge >= 0.3 is 5.97 Å². The molecule has 0 aliphatic carbocycles. The quantitative estimate of drug-likeness (QED) is 0.583. The standard InChI is InChI=1S/C8H13NO4/c1-6(13-2)5-9-7(10)3-4-8(11)12/h3-4,6H,5H2,1-2H3,(H,9,10)(H,11,12)/b4-3+. The highest BCUT2D eigenvalue weighted by Crippen LogP contribution is 1.84. The van der Waals surface area contributed by atoms with Gasteiger partial charge in [0.05, 0.1) is 6.10 Å². The van der Waals surface area contributed by atoms with Gasteiger partial charge in [-0.15, -0.1) is 0 Å². The Balaban J connectivity index is 3.69. The van der Waals surface area contributed by atoms with Crippen LogP contribution in [-0.2, 0) is 14.3 Å². The summed E-state index contributed by atoms with van der Waals surface area (Å²) in [5.41, 5.74) is 0. The number of methoxy groups -OCH3 is 1. The highest BCUT2D eigenvalue weighted by molar-refractivity contribution is 5.93. The fourth-order valence-electron chi connectivity index (χ4n) is 0.534. The summed E-state index contributed by atoms with van der Waals surface area (Å²) in [5, 5.41) is 10.7. The van der Waals surface area contributed by atoms with Gasteiger partial charge < -0.3 is 15.2 Å². The Morgan fingerprint density at radius 3 is 2.62 bits per heavy atom.